The van der Waals surface area contributed by atoms with E-state index in [0.29, 0.717) is 22.3 Å². The van der Waals surface area contributed by atoms with E-state index in [0.717, 1.165) is 16.7 Å². The molecule has 2 atom stereocenters. The number of aliphatic hydroxyl groups is 2. The van der Waals surface area contributed by atoms with Crippen LogP contribution in [0.1, 0.15) is 51.2 Å². The van der Waals surface area contributed by atoms with Crippen LogP contribution < -0.4 is 0 Å². The molecule has 134 valence electrons. The van der Waals surface area contributed by atoms with Gasteiger partial charge < -0.3 is 15.3 Å². The van der Waals surface area contributed by atoms with Crippen molar-refractivity contribution in [3.05, 3.63) is 99.6 Å². The molecular formula is C23H24O3. The van der Waals surface area contributed by atoms with Crippen molar-refractivity contribution >= 4 is 0 Å². The second-order valence-electron chi connectivity index (χ2n) is 6.93. The summed E-state index contributed by atoms with van der Waals surface area (Å²) < 4.78 is 0. The Bertz CT molecular complexity index is 858. The van der Waals surface area contributed by atoms with Gasteiger partial charge in [0.05, 0.1) is 0 Å². The smallest absolute Gasteiger partial charge is 0.127 e. The summed E-state index contributed by atoms with van der Waals surface area (Å²) in [5, 5.41) is 32.4. The van der Waals surface area contributed by atoms with Crippen molar-refractivity contribution in [3.8, 4) is 5.75 Å². The Morgan fingerprint density at radius 1 is 0.615 bits per heavy atom. The molecule has 3 aromatic rings. The van der Waals surface area contributed by atoms with Gasteiger partial charge in [-0.3, -0.25) is 0 Å². The lowest BCUT2D eigenvalue weighted by Crippen LogP contribution is -2.06. The highest BCUT2D eigenvalue weighted by atomic mass is 16.3. The van der Waals surface area contributed by atoms with Gasteiger partial charge in [-0.25, -0.2) is 0 Å². The predicted molar refractivity (Wildman–Crippen MR) is 103 cm³/mol. The molecule has 0 aromatic heterocycles. The van der Waals surface area contributed by atoms with Crippen LogP contribution in [0.3, 0.4) is 0 Å². The molecule has 0 saturated carbocycles. The van der Waals surface area contributed by atoms with Crippen LogP contribution in [-0.4, -0.2) is 15.3 Å². The second-order valence-corrected chi connectivity index (χ2v) is 6.93. The summed E-state index contributed by atoms with van der Waals surface area (Å²) in [7, 11) is 0. The molecule has 3 heteroatoms. The molecule has 0 saturated heterocycles. The van der Waals surface area contributed by atoms with E-state index in [9.17, 15) is 15.3 Å². The van der Waals surface area contributed by atoms with Crippen molar-refractivity contribution in [2.45, 2.75) is 33.0 Å². The van der Waals surface area contributed by atoms with Crippen LogP contribution >= 0.6 is 0 Å². The lowest BCUT2D eigenvalue weighted by molar-refractivity contribution is 0.204. The Balaban J connectivity index is 2.06. The summed E-state index contributed by atoms with van der Waals surface area (Å²) in [4.78, 5) is 0. The van der Waals surface area contributed by atoms with E-state index in [1.165, 1.54) is 0 Å². The van der Waals surface area contributed by atoms with E-state index in [-0.39, 0.29) is 5.75 Å². The van der Waals surface area contributed by atoms with Crippen molar-refractivity contribution in [2.75, 3.05) is 0 Å². The first-order valence-electron chi connectivity index (χ1n) is 8.69. The second kappa shape index (κ2) is 7.32. The number of aliphatic hydroxyl groups excluding tert-OH is 2. The van der Waals surface area contributed by atoms with E-state index < -0.39 is 12.2 Å². The molecule has 0 fully saturated rings. The normalized spacial score (nSPS) is 13.4. The van der Waals surface area contributed by atoms with Gasteiger partial charge in [-0.15, -0.1) is 0 Å². The first kappa shape index (κ1) is 18.2. The fraction of sp³-hybridized carbons (Fsp3) is 0.217. The first-order valence-corrected chi connectivity index (χ1v) is 8.69. The molecule has 3 N–H and O–H groups in total. The van der Waals surface area contributed by atoms with Gasteiger partial charge in [0.1, 0.15) is 18.0 Å². The van der Waals surface area contributed by atoms with E-state index >= 15 is 0 Å². The molecule has 0 heterocycles. The highest BCUT2D eigenvalue weighted by Gasteiger charge is 2.22. The zero-order chi connectivity index (χ0) is 18.8. The van der Waals surface area contributed by atoms with E-state index in [1.807, 2.05) is 69.3 Å². The van der Waals surface area contributed by atoms with Crippen molar-refractivity contribution in [3.63, 3.8) is 0 Å². The van der Waals surface area contributed by atoms with E-state index in [2.05, 4.69) is 0 Å². The van der Waals surface area contributed by atoms with Gasteiger partial charge in [0, 0.05) is 11.1 Å². The van der Waals surface area contributed by atoms with Crippen LogP contribution in [0.15, 0.2) is 60.7 Å². The minimum atomic E-state index is -0.960. The third-order valence-electron chi connectivity index (χ3n) is 4.62. The fourth-order valence-electron chi connectivity index (χ4n) is 3.29. The average Bonchev–Trinajstić information content (AvgIpc) is 2.62. The number of phenolic OH excluding ortho intramolecular Hbond substituents is 1. The quantitative estimate of drug-likeness (QED) is 0.651. The summed E-state index contributed by atoms with van der Waals surface area (Å²) in [5.74, 6) is -0.0707. The lowest BCUT2D eigenvalue weighted by atomic mass is 9.91. The van der Waals surface area contributed by atoms with Crippen molar-refractivity contribution in [2.24, 2.45) is 0 Å². The number of hydrogen-bond acceptors (Lipinski definition) is 3. The van der Waals surface area contributed by atoms with Gasteiger partial charge in [-0.2, -0.15) is 0 Å². The Kier molecular flexibility index (Phi) is 5.12. The van der Waals surface area contributed by atoms with E-state index in [4.69, 9.17) is 0 Å². The zero-order valence-electron chi connectivity index (χ0n) is 15.3. The van der Waals surface area contributed by atoms with Crippen molar-refractivity contribution in [1.29, 1.82) is 0 Å². The summed E-state index contributed by atoms with van der Waals surface area (Å²) >= 11 is 0. The van der Waals surface area contributed by atoms with Crippen molar-refractivity contribution < 1.29 is 15.3 Å². The minimum absolute atomic E-state index is 0.0707. The summed E-state index contributed by atoms with van der Waals surface area (Å²) in [5.41, 5.74) is 5.16. The highest BCUT2D eigenvalue weighted by Crippen LogP contribution is 2.38. The Morgan fingerprint density at radius 3 is 1.42 bits per heavy atom. The van der Waals surface area contributed by atoms with Gasteiger partial charge in [0.15, 0.2) is 0 Å². The molecule has 0 spiro atoms. The number of hydrogen-bond donors (Lipinski definition) is 3. The van der Waals surface area contributed by atoms with Crippen LogP contribution in [0.5, 0.6) is 5.75 Å². The lowest BCUT2D eigenvalue weighted by Gasteiger charge is -2.20. The predicted octanol–water partition coefficient (Wildman–Crippen LogP) is 4.48. The third-order valence-corrected chi connectivity index (χ3v) is 4.62. The molecular weight excluding hydrogens is 324 g/mol. The van der Waals surface area contributed by atoms with Crippen LogP contribution in [0.4, 0.5) is 0 Å². The molecule has 3 aromatic carbocycles. The molecule has 0 radical (unpaired) electrons. The Morgan fingerprint density at radius 2 is 1.04 bits per heavy atom. The molecule has 0 bridgehead atoms. The SMILES string of the molecule is Cc1cccc(C(O)c2cc(C)cc(C(O)c3cccc(C)c3)c2O)c1. The van der Waals surface area contributed by atoms with Gasteiger partial charge in [-0.1, -0.05) is 65.2 Å². The average molecular weight is 348 g/mol. The largest absolute Gasteiger partial charge is 0.507 e. The Labute approximate surface area is 154 Å². The van der Waals surface area contributed by atoms with Gasteiger partial charge in [0.25, 0.3) is 0 Å². The first-order chi connectivity index (χ1) is 12.4. The third kappa shape index (κ3) is 3.64. The number of benzene rings is 3. The standard InChI is InChI=1S/C23H24O3/c1-14-6-4-8-17(10-14)21(24)19-12-16(3)13-20(23(19)26)22(25)18-9-5-7-15(2)11-18/h4-13,21-22,24-26H,1-3H3. The van der Waals surface area contributed by atoms with Gasteiger partial charge in [-0.05, 0) is 44.0 Å². The van der Waals surface area contributed by atoms with Gasteiger partial charge in [0.2, 0.25) is 0 Å². The summed E-state index contributed by atoms with van der Waals surface area (Å²) in [6.45, 7) is 5.80. The topological polar surface area (TPSA) is 60.7 Å². The fourth-order valence-corrected chi connectivity index (χ4v) is 3.29. The van der Waals surface area contributed by atoms with Crippen LogP contribution in [-0.2, 0) is 0 Å². The number of aryl methyl sites for hydroxylation is 3. The zero-order valence-corrected chi connectivity index (χ0v) is 15.3. The number of rotatable bonds is 4. The number of aromatic hydroxyl groups is 1. The van der Waals surface area contributed by atoms with Crippen molar-refractivity contribution in [1.82, 2.24) is 0 Å². The maximum atomic E-state index is 10.8. The Hall–Kier alpha value is -2.62. The molecule has 0 aliphatic rings. The van der Waals surface area contributed by atoms with Crippen LogP contribution in [0.2, 0.25) is 0 Å². The summed E-state index contributed by atoms with van der Waals surface area (Å²) in [6, 6.07) is 18.6. The molecule has 3 nitrogen and oxygen atoms in total. The molecule has 0 aliphatic heterocycles. The molecule has 3 rings (SSSR count). The highest BCUT2D eigenvalue weighted by molar-refractivity contribution is 5.50. The maximum Gasteiger partial charge on any atom is 0.127 e. The molecule has 0 aliphatic carbocycles. The monoisotopic (exact) mass is 348 g/mol. The van der Waals surface area contributed by atoms with E-state index in [1.54, 1.807) is 12.1 Å². The molecule has 26 heavy (non-hydrogen) atoms. The molecule has 2 unspecified atom stereocenters. The van der Waals surface area contributed by atoms with Crippen LogP contribution in [0, 0.1) is 20.8 Å². The minimum Gasteiger partial charge on any atom is -0.507 e. The molecule has 0 amide bonds. The van der Waals surface area contributed by atoms with Gasteiger partial charge >= 0.3 is 0 Å². The number of phenols is 1. The van der Waals surface area contributed by atoms with Crippen LogP contribution in [0.25, 0.3) is 0 Å². The maximum absolute atomic E-state index is 10.8. The summed E-state index contributed by atoms with van der Waals surface area (Å²) in [6.07, 6.45) is -1.92.